The van der Waals surface area contributed by atoms with Crippen LogP contribution in [0.15, 0.2) is 24.3 Å². The maximum atomic E-state index is 12.2. The Morgan fingerprint density at radius 1 is 1.32 bits per heavy atom. The normalized spacial score (nSPS) is 18.0. The molecule has 0 bridgehead atoms. The Morgan fingerprint density at radius 2 is 2.09 bits per heavy atom. The zero-order valence-electron chi connectivity index (χ0n) is 13.5. The zero-order valence-corrected chi connectivity index (χ0v) is 13.5. The van der Waals surface area contributed by atoms with E-state index in [1.807, 2.05) is 38.1 Å². The Morgan fingerprint density at radius 3 is 2.77 bits per heavy atom. The van der Waals surface area contributed by atoms with Gasteiger partial charge in [-0.25, -0.2) is 4.79 Å². The number of imide groups is 1. The van der Waals surface area contributed by atoms with Crippen LogP contribution in [0.25, 0.3) is 0 Å². The van der Waals surface area contributed by atoms with Crippen LogP contribution in [0.5, 0.6) is 5.75 Å². The van der Waals surface area contributed by atoms with Crippen molar-refractivity contribution in [3.05, 3.63) is 29.8 Å². The molecule has 22 heavy (non-hydrogen) atoms. The molecule has 1 aliphatic rings. The highest BCUT2D eigenvalue weighted by atomic mass is 16.5. The van der Waals surface area contributed by atoms with E-state index in [1.54, 1.807) is 0 Å². The maximum Gasteiger partial charge on any atom is 0.324 e. The number of nitrogens with zero attached hydrogens (tertiary/aromatic N) is 1. The van der Waals surface area contributed by atoms with E-state index in [0.717, 1.165) is 12.2 Å². The molecule has 1 N–H and O–H groups in total. The summed E-state index contributed by atoms with van der Waals surface area (Å²) in [5.41, 5.74) is 1.20. The summed E-state index contributed by atoms with van der Waals surface area (Å²) in [6.07, 6.45) is 1.61. The molecule has 120 valence electrons. The highest BCUT2D eigenvalue weighted by Gasteiger charge is 2.37. The molecular weight excluding hydrogens is 280 g/mol. The van der Waals surface area contributed by atoms with Crippen molar-refractivity contribution >= 4 is 11.9 Å². The van der Waals surface area contributed by atoms with Crippen LogP contribution in [0.3, 0.4) is 0 Å². The van der Waals surface area contributed by atoms with Gasteiger partial charge in [-0.15, -0.1) is 0 Å². The number of hydrogen-bond donors (Lipinski definition) is 1. The Balaban J connectivity index is 1.86. The van der Waals surface area contributed by atoms with E-state index >= 15 is 0 Å². The van der Waals surface area contributed by atoms with Gasteiger partial charge in [0.1, 0.15) is 18.4 Å². The summed E-state index contributed by atoms with van der Waals surface area (Å²) >= 11 is 0. The fraction of sp³-hybridized carbons (Fsp3) is 0.529. The molecular formula is C17H24N2O3. The van der Waals surface area contributed by atoms with Gasteiger partial charge in [0.25, 0.3) is 5.91 Å². The number of ether oxygens (including phenoxy) is 1. The van der Waals surface area contributed by atoms with Crippen molar-refractivity contribution in [2.24, 2.45) is 5.92 Å². The minimum absolute atomic E-state index is 0.149. The molecule has 5 heteroatoms. The summed E-state index contributed by atoms with van der Waals surface area (Å²) in [5, 5.41) is 2.73. The predicted octanol–water partition coefficient (Wildman–Crippen LogP) is 2.59. The lowest BCUT2D eigenvalue weighted by atomic mass is 10.0. The van der Waals surface area contributed by atoms with Crippen LogP contribution in [0.1, 0.15) is 32.8 Å². The molecule has 0 spiro atoms. The summed E-state index contributed by atoms with van der Waals surface area (Å²) in [5.74, 6) is 0.983. The molecule has 0 radical (unpaired) electrons. The Labute approximate surface area is 131 Å². The molecule has 1 fully saturated rings. The van der Waals surface area contributed by atoms with Gasteiger partial charge in [-0.2, -0.15) is 0 Å². The summed E-state index contributed by atoms with van der Waals surface area (Å²) in [6, 6.07) is 7.14. The van der Waals surface area contributed by atoms with Crippen LogP contribution in [-0.2, 0) is 11.2 Å². The molecule has 0 saturated carbocycles. The van der Waals surface area contributed by atoms with E-state index < -0.39 is 6.04 Å². The second kappa shape index (κ2) is 7.29. The van der Waals surface area contributed by atoms with Crippen molar-refractivity contribution in [3.63, 3.8) is 0 Å². The van der Waals surface area contributed by atoms with Gasteiger partial charge in [0.2, 0.25) is 0 Å². The average molecular weight is 304 g/mol. The van der Waals surface area contributed by atoms with Crippen molar-refractivity contribution in [1.82, 2.24) is 10.2 Å². The first-order valence-corrected chi connectivity index (χ1v) is 7.85. The molecule has 1 aromatic carbocycles. The van der Waals surface area contributed by atoms with E-state index in [9.17, 15) is 9.59 Å². The standard InChI is InChI=1S/C17H24N2O3/c1-4-13-6-5-7-14(11-13)22-9-8-19-16(20)15(10-12(2)3)18-17(19)21/h5-7,11-12,15H,4,8-10H2,1-3H3,(H,18,21). The Hall–Kier alpha value is -2.04. The van der Waals surface area contributed by atoms with Gasteiger partial charge in [-0.3, -0.25) is 9.69 Å². The minimum Gasteiger partial charge on any atom is -0.492 e. The monoisotopic (exact) mass is 304 g/mol. The van der Waals surface area contributed by atoms with E-state index in [4.69, 9.17) is 4.74 Å². The fourth-order valence-corrected chi connectivity index (χ4v) is 2.53. The first kappa shape index (κ1) is 16.3. The molecule has 1 atom stereocenters. The Bertz CT molecular complexity index is 542. The molecule has 5 nitrogen and oxygen atoms in total. The van der Waals surface area contributed by atoms with Crippen molar-refractivity contribution in [2.75, 3.05) is 13.2 Å². The second-order valence-electron chi connectivity index (χ2n) is 5.97. The summed E-state index contributed by atoms with van der Waals surface area (Å²) in [4.78, 5) is 25.3. The van der Waals surface area contributed by atoms with E-state index in [0.29, 0.717) is 18.9 Å². The maximum absolute atomic E-state index is 12.2. The number of rotatable bonds is 7. The third-order valence-corrected chi connectivity index (χ3v) is 3.70. The van der Waals surface area contributed by atoms with Crippen molar-refractivity contribution < 1.29 is 14.3 Å². The molecule has 2 rings (SSSR count). The molecule has 3 amide bonds. The summed E-state index contributed by atoms with van der Waals surface area (Å²) in [7, 11) is 0. The van der Waals surface area contributed by atoms with Crippen molar-refractivity contribution in [2.45, 2.75) is 39.7 Å². The SMILES string of the molecule is CCc1cccc(OCCN2C(=O)NC(CC(C)C)C2=O)c1. The van der Waals surface area contributed by atoms with Gasteiger partial charge >= 0.3 is 6.03 Å². The van der Waals surface area contributed by atoms with Gasteiger partial charge < -0.3 is 10.1 Å². The lowest BCUT2D eigenvalue weighted by Gasteiger charge is -2.14. The number of carbonyl (C=O) groups excluding carboxylic acids is 2. The highest BCUT2D eigenvalue weighted by Crippen LogP contribution is 2.16. The molecule has 1 aromatic rings. The number of amides is 3. The van der Waals surface area contributed by atoms with Gasteiger partial charge in [0.15, 0.2) is 0 Å². The highest BCUT2D eigenvalue weighted by molar-refractivity contribution is 6.04. The third kappa shape index (κ3) is 4.00. The number of benzene rings is 1. The number of aryl methyl sites for hydroxylation is 1. The topological polar surface area (TPSA) is 58.6 Å². The van der Waals surface area contributed by atoms with Crippen LogP contribution in [0.2, 0.25) is 0 Å². The molecule has 1 saturated heterocycles. The number of nitrogens with one attached hydrogen (secondary N) is 1. The second-order valence-corrected chi connectivity index (χ2v) is 5.97. The molecule has 1 unspecified atom stereocenters. The lowest BCUT2D eigenvalue weighted by molar-refractivity contribution is -0.128. The number of hydrogen-bond acceptors (Lipinski definition) is 3. The van der Waals surface area contributed by atoms with Crippen LogP contribution in [-0.4, -0.2) is 36.0 Å². The summed E-state index contributed by atoms with van der Waals surface area (Å²) < 4.78 is 5.65. The summed E-state index contributed by atoms with van der Waals surface area (Å²) in [6.45, 7) is 6.73. The molecule has 1 heterocycles. The van der Waals surface area contributed by atoms with Crippen LogP contribution in [0.4, 0.5) is 4.79 Å². The van der Waals surface area contributed by atoms with Crippen LogP contribution >= 0.6 is 0 Å². The van der Waals surface area contributed by atoms with Gasteiger partial charge in [0.05, 0.1) is 6.54 Å². The van der Waals surface area contributed by atoms with Crippen molar-refractivity contribution in [1.29, 1.82) is 0 Å². The molecule has 0 aromatic heterocycles. The fourth-order valence-electron chi connectivity index (χ4n) is 2.53. The first-order valence-electron chi connectivity index (χ1n) is 7.85. The molecule has 0 aliphatic carbocycles. The van der Waals surface area contributed by atoms with E-state index in [2.05, 4.69) is 12.2 Å². The number of urea groups is 1. The van der Waals surface area contributed by atoms with Gasteiger partial charge in [0, 0.05) is 0 Å². The van der Waals surface area contributed by atoms with E-state index in [-0.39, 0.29) is 18.5 Å². The third-order valence-electron chi connectivity index (χ3n) is 3.70. The van der Waals surface area contributed by atoms with Gasteiger partial charge in [-0.1, -0.05) is 32.9 Å². The molecule has 1 aliphatic heterocycles. The van der Waals surface area contributed by atoms with Crippen LogP contribution in [0, 0.1) is 5.92 Å². The predicted molar refractivity (Wildman–Crippen MR) is 84.8 cm³/mol. The lowest BCUT2D eigenvalue weighted by Crippen LogP contribution is -2.35. The number of carbonyl (C=O) groups is 2. The van der Waals surface area contributed by atoms with E-state index in [1.165, 1.54) is 10.5 Å². The minimum atomic E-state index is -0.393. The quantitative estimate of drug-likeness (QED) is 0.788. The smallest absolute Gasteiger partial charge is 0.324 e. The first-order chi connectivity index (χ1) is 10.5. The zero-order chi connectivity index (χ0) is 16.1. The largest absolute Gasteiger partial charge is 0.492 e. The van der Waals surface area contributed by atoms with Gasteiger partial charge in [-0.05, 0) is 36.5 Å². The van der Waals surface area contributed by atoms with Crippen molar-refractivity contribution in [3.8, 4) is 5.75 Å². The average Bonchev–Trinajstić information content (AvgIpc) is 2.74. The van der Waals surface area contributed by atoms with Crippen LogP contribution < -0.4 is 10.1 Å². The Kier molecular flexibility index (Phi) is 5.41.